The van der Waals surface area contributed by atoms with Gasteiger partial charge in [0.1, 0.15) is 5.76 Å². The third-order valence-corrected chi connectivity index (χ3v) is 3.94. The van der Waals surface area contributed by atoms with Crippen molar-refractivity contribution in [2.24, 2.45) is 0 Å². The first kappa shape index (κ1) is 13.6. The van der Waals surface area contributed by atoms with Crippen molar-refractivity contribution in [1.29, 1.82) is 0 Å². The molecule has 4 rings (SSSR count). The Morgan fingerprint density at radius 3 is 2.04 bits per heavy atom. The molecule has 0 aliphatic carbocycles. The lowest BCUT2D eigenvalue weighted by Gasteiger charge is -2.30. The SMILES string of the molecule is CC1=CN(N2C(=O)c3ccccc3C2=O)C(c2ccccc2)O1. The smallest absolute Gasteiger partial charge is 0.280 e. The molecule has 2 aromatic carbocycles. The summed E-state index contributed by atoms with van der Waals surface area (Å²) in [7, 11) is 0. The van der Waals surface area contributed by atoms with Gasteiger partial charge in [-0.2, -0.15) is 5.01 Å². The molecule has 0 bridgehead atoms. The zero-order chi connectivity index (χ0) is 16.0. The number of ether oxygens (including phenoxy) is 1. The Kier molecular flexibility index (Phi) is 2.94. The highest BCUT2D eigenvalue weighted by atomic mass is 16.5. The van der Waals surface area contributed by atoms with Crippen LogP contribution in [0.2, 0.25) is 0 Å². The highest BCUT2D eigenvalue weighted by Gasteiger charge is 2.43. The van der Waals surface area contributed by atoms with Crippen molar-refractivity contribution in [1.82, 2.24) is 10.0 Å². The maximum atomic E-state index is 12.7. The number of nitrogens with zero attached hydrogens (tertiary/aromatic N) is 2. The minimum atomic E-state index is -0.529. The van der Waals surface area contributed by atoms with Crippen LogP contribution in [0, 0.1) is 0 Å². The number of carbonyl (C=O) groups is 2. The second-order valence-electron chi connectivity index (χ2n) is 5.47. The van der Waals surface area contributed by atoms with Crippen molar-refractivity contribution in [3.05, 3.63) is 83.2 Å². The van der Waals surface area contributed by atoms with Crippen LogP contribution in [0.1, 0.15) is 39.4 Å². The van der Waals surface area contributed by atoms with E-state index in [4.69, 9.17) is 4.74 Å². The molecule has 1 atom stereocenters. The summed E-state index contributed by atoms with van der Waals surface area (Å²) < 4.78 is 5.81. The van der Waals surface area contributed by atoms with E-state index in [2.05, 4.69) is 0 Å². The van der Waals surface area contributed by atoms with Crippen molar-refractivity contribution in [2.75, 3.05) is 0 Å². The molecule has 5 heteroatoms. The van der Waals surface area contributed by atoms with Gasteiger partial charge in [-0.1, -0.05) is 42.5 Å². The molecule has 2 heterocycles. The summed E-state index contributed by atoms with van der Waals surface area (Å²) in [5, 5.41) is 2.72. The average Bonchev–Trinajstić information content (AvgIpc) is 3.07. The van der Waals surface area contributed by atoms with Crippen LogP contribution in [0.15, 0.2) is 66.6 Å². The van der Waals surface area contributed by atoms with Gasteiger partial charge in [0.05, 0.1) is 17.3 Å². The van der Waals surface area contributed by atoms with Gasteiger partial charge in [-0.25, -0.2) is 5.01 Å². The summed E-state index contributed by atoms with van der Waals surface area (Å²) in [6.07, 6.45) is 1.15. The van der Waals surface area contributed by atoms with Crippen LogP contribution in [-0.2, 0) is 4.74 Å². The third-order valence-electron chi connectivity index (χ3n) is 3.94. The Bertz CT molecular complexity index is 794. The Morgan fingerprint density at radius 2 is 1.43 bits per heavy atom. The number of hydrogen-bond acceptors (Lipinski definition) is 4. The van der Waals surface area contributed by atoms with E-state index in [-0.39, 0.29) is 11.8 Å². The van der Waals surface area contributed by atoms with Gasteiger partial charge in [-0.15, -0.1) is 0 Å². The number of carbonyl (C=O) groups excluding carboxylic acids is 2. The highest BCUT2D eigenvalue weighted by molar-refractivity contribution is 6.21. The molecule has 0 radical (unpaired) electrons. The lowest BCUT2D eigenvalue weighted by molar-refractivity contribution is -0.0532. The zero-order valence-corrected chi connectivity index (χ0v) is 12.5. The van der Waals surface area contributed by atoms with Crippen LogP contribution in [0.25, 0.3) is 0 Å². The van der Waals surface area contributed by atoms with Crippen molar-refractivity contribution in [2.45, 2.75) is 13.2 Å². The highest BCUT2D eigenvalue weighted by Crippen LogP contribution is 2.36. The molecular formula is C18H14N2O3. The minimum Gasteiger partial charge on any atom is -0.468 e. The van der Waals surface area contributed by atoms with Crippen molar-refractivity contribution in [3.63, 3.8) is 0 Å². The van der Waals surface area contributed by atoms with Gasteiger partial charge in [-0.05, 0) is 19.1 Å². The third kappa shape index (κ3) is 2.01. The van der Waals surface area contributed by atoms with E-state index in [1.54, 1.807) is 42.4 Å². The Balaban J connectivity index is 1.75. The number of allylic oxidation sites excluding steroid dienone is 1. The van der Waals surface area contributed by atoms with E-state index in [1.165, 1.54) is 0 Å². The Labute approximate surface area is 133 Å². The summed E-state index contributed by atoms with van der Waals surface area (Å²) in [4.78, 5) is 25.3. The normalized spacial score (nSPS) is 19.7. The largest absolute Gasteiger partial charge is 0.468 e. The van der Waals surface area contributed by atoms with Crippen LogP contribution in [-0.4, -0.2) is 21.8 Å². The van der Waals surface area contributed by atoms with Gasteiger partial charge < -0.3 is 4.74 Å². The standard InChI is InChI=1S/C18H14N2O3/c1-12-11-19(18(23-12)13-7-3-2-4-8-13)20-16(21)14-9-5-6-10-15(14)17(20)22/h2-11,18H,1H3. The summed E-state index contributed by atoms with van der Waals surface area (Å²) in [5.41, 5.74) is 1.71. The predicted molar refractivity (Wildman–Crippen MR) is 82.8 cm³/mol. The predicted octanol–water partition coefficient (Wildman–Crippen LogP) is 3.09. The van der Waals surface area contributed by atoms with Crippen molar-refractivity contribution >= 4 is 11.8 Å². The summed E-state index contributed by atoms with van der Waals surface area (Å²) in [6, 6.07) is 16.4. The summed E-state index contributed by atoms with van der Waals surface area (Å²) in [6.45, 7) is 1.80. The van der Waals surface area contributed by atoms with Gasteiger partial charge in [0.15, 0.2) is 0 Å². The molecule has 2 aliphatic heterocycles. The number of amides is 2. The first-order chi connectivity index (χ1) is 11.2. The Hall–Kier alpha value is -3.08. The molecule has 5 nitrogen and oxygen atoms in total. The van der Waals surface area contributed by atoms with E-state index in [0.717, 1.165) is 10.6 Å². The average molecular weight is 306 g/mol. The van der Waals surface area contributed by atoms with Crippen LogP contribution in [0.3, 0.4) is 0 Å². The molecule has 114 valence electrons. The van der Waals surface area contributed by atoms with Crippen molar-refractivity contribution in [3.8, 4) is 0 Å². The number of imide groups is 1. The van der Waals surface area contributed by atoms with Gasteiger partial charge in [0.25, 0.3) is 11.8 Å². The fraction of sp³-hybridized carbons (Fsp3) is 0.111. The van der Waals surface area contributed by atoms with Crippen LogP contribution >= 0.6 is 0 Å². The molecular weight excluding hydrogens is 292 g/mol. The minimum absolute atomic E-state index is 0.332. The lowest BCUT2D eigenvalue weighted by Crippen LogP contribution is -2.43. The topological polar surface area (TPSA) is 49.9 Å². The number of hydrazine groups is 1. The van der Waals surface area contributed by atoms with Gasteiger partial charge >= 0.3 is 0 Å². The molecule has 0 saturated carbocycles. The van der Waals surface area contributed by atoms with E-state index in [0.29, 0.717) is 16.9 Å². The molecule has 0 saturated heterocycles. The van der Waals surface area contributed by atoms with Crippen LogP contribution in [0.4, 0.5) is 0 Å². The molecule has 23 heavy (non-hydrogen) atoms. The summed E-state index contributed by atoms with van der Waals surface area (Å²) in [5.74, 6) is -0.0161. The quantitative estimate of drug-likeness (QED) is 0.800. The molecule has 2 aromatic rings. The molecule has 0 spiro atoms. The van der Waals surface area contributed by atoms with Gasteiger partial charge in [0.2, 0.25) is 6.23 Å². The van der Waals surface area contributed by atoms with E-state index in [9.17, 15) is 9.59 Å². The monoisotopic (exact) mass is 306 g/mol. The zero-order valence-electron chi connectivity index (χ0n) is 12.5. The molecule has 0 aromatic heterocycles. The lowest BCUT2D eigenvalue weighted by atomic mass is 10.1. The Morgan fingerprint density at radius 1 is 0.870 bits per heavy atom. The maximum absolute atomic E-state index is 12.7. The fourth-order valence-corrected chi connectivity index (χ4v) is 2.90. The first-order valence-electron chi connectivity index (χ1n) is 7.33. The molecule has 0 fully saturated rings. The number of hydrogen-bond donors (Lipinski definition) is 0. The maximum Gasteiger partial charge on any atom is 0.280 e. The van der Waals surface area contributed by atoms with E-state index < -0.39 is 6.23 Å². The van der Waals surface area contributed by atoms with E-state index >= 15 is 0 Å². The van der Waals surface area contributed by atoms with Crippen LogP contribution < -0.4 is 0 Å². The second kappa shape index (κ2) is 4.98. The van der Waals surface area contributed by atoms with Gasteiger partial charge in [0, 0.05) is 5.56 Å². The molecule has 1 unspecified atom stereocenters. The number of rotatable bonds is 2. The van der Waals surface area contributed by atoms with Crippen molar-refractivity contribution < 1.29 is 14.3 Å². The van der Waals surface area contributed by atoms with Crippen LogP contribution in [0.5, 0.6) is 0 Å². The number of fused-ring (bicyclic) bond motifs is 1. The number of benzene rings is 2. The van der Waals surface area contributed by atoms with Gasteiger partial charge in [-0.3, -0.25) is 9.59 Å². The molecule has 2 aliphatic rings. The first-order valence-corrected chi connectivity index (χ1v) is 7.33. The van der Waals surface area contributed by atoms with E-state index in [1.807, 2.05) is 30.3 Å². The molecule has 0 N–H and O–H groups in total. The second-order valence-corrected chi connectivity index (χ2v) is 5.47. The summed E-state index contributed by atoms with van der Waals surface area (Å²) >= 11 is 0. The molecule has 2 amide bonds. The fourth-order valence-electron chi connectivity index (χ4n) is 2.90.